The first kappa shape index (κ1) is 16.2. The molecule has 1 N–H and O–H groups in total. The molecule has 26 heavy (non-hydrogen) atoms. The van der Waals surface area contributed by atoms with Crippen molar-refractivity contribution in [1.29, 1.82) is 10.5 Å². The zero-order chi connectivity index (χ0) is 18.0. The van der Waals surface area contributed by atoms with E-state index in [1.54, 1.807) is 0 Å². The third kappa shape index (κ3) is 2.41. The maximum Gasteiger partial charge on any atom is 0.0979 e. The van der Waals surface area contributed by atoms with Gasteiger partial charge in [0.1, 0.15) is 0 Å². The van der Waals surface area contributed by atoms with Crippen LogP contribution in [0.4, 0.5) is 0 Å². The highest BCUT2D eigenvalue weighted by molar-refractivity contribution is 5.88. The van der Waals surface area contributed by atoms with E-state index in [-0.39, 0.29) is 0 Å². The summed E-state index contributed by atoms with van der Waals surface area (Å²) in [6.07, 6.45) is 3.79. The van der Waals surface area contributed by atoms with Gasteiger partial charge in [0, 0.05) is 5.41 Å². The smallest absolute Gasteiger partial charge is 0.0979 e. The van der Waals surface area contributed by atoms with Crippen LogP contribution in [0, 0.1) is 28.1 Å². The highest BCUT2D eigenvalue weighted by atomic mass is 14.9. The Kier molecular flexibility index (Phi) is 4.07. The topological polar surface area (TPSA) is 59.6 Å². The van der Waals surface area contributed by atoms with E-state index in [4.69, 9.17) is 0 Å². The lowest BCUT2D eigenvalue weighted by atomic mass is 9.68. The van der Waals surface area contributed by atoms with E-state index >= 15 is 0 Å². The van der Waals surface area contributed by atoms with Gasteiger partial charge in [0.25, 0.3) is 0 Å². The van der Waals surface area contributed by atoms with Crippen LogP contribution in [0.15, 0.2) is 71.8 Å². The fraction of sp³-hybridized carbons (Fsp3) is 0.217. The van der Waals surface area contributed by atoms with Gasteiger partial charge in [-0.1, -0.05) is 73.5 Å². The largest absolute Gasteiger partial charge is 0.353 e. The zero-order valence-corrected chi connectivity index (χ0v) is 14.5. The van der Waals surface area contributed by atoms with Gasteiger partial charge in [-0.05, 0) is 24.0 Å². The summed E-state index contributed by atoms with van der Waals surface area (Å²) >= 11 is 0. The van der Waals surface area contributed by atoms with Crippen LogP contribution >= 0.6 is 0 Å². The molecule has 0 radical (unpaired) electrons. The van der Waals surface area contributed by atoms with E-state index in [0.717, 1.165) is 48.2 Å². The van der Waals surface area contributed by atoms with E-state index in [1.807, 2.05) is 60.7 Å². The molecule has 0 unspecified atom stereocenters. The Hall–Kier alpha value is -3.30. The second-order valence-electron chi connectivity index (χ2n) is 6.87. The average molecular weight is 337 g/mol. The zero-order valence-electron chi connectivity index (χ0n) is 14.5. The first-order valence-electron chi connectivity index (χ1n) is 8.98. The molecule has 1 spiro atoms. The van der Waals surface area contributed by atoms with E-state index in [2.05, 4.69) is 17.5 Å². The Morgan fingerprint density at radius 1 is 0.692 bits per heavy atom. The first-order chi connectivity index (χ1) is 12.8. The maximum absolute atomic E-state index is 10.0. The predicted molar refractivity (Wildman–Crippen MR) is 102 cm³/mol. The lowest BCUT2D eigenvalue weighted by Crippen LogP contribution is -2.33. The molecule has 3 nitrogen and oxygen atoms in total. The molecule has 0 aromatic heterocycles. The molecule has 2 aromatic carbocycles. The van der Waals surface area contributed by atoms with Gasteiger partial charge in [-0.25, -0.2) is 0 Å². The van der Waals surface area contributed by atoms with Gasteiger partial charge in [0.05, 0.1) is 34.7 Å². The molecular weight excluding hydrogens is 318 g/mol. The lowest BCUT2D eigenvalue weighted by Gasteiger charge is -2.37. The molecule has 4 rings (SSSR count). The Labute approximate surface area is 153 Å². The number of benzene rings is 2. The fourth-order valence-corrected chi connectivity index (χ4v) is 4.30. The average Bonchev–Trinajstić information content (AvgIpc) is 3.18. The Morgan fingerprint density at radius 2 is 1.12 bits per heavy atom. The molecule has 0 amide bonds. The number of hydrogen-bond acceptors (Lipinski definition) is 3. The number of nitriles is 2. The monoisotopic (exact) mass is 337 g/mol. The minimum Gasteiger partial charge on any atom is -0.353 e. The summed E-state index contributed by atoms with van der Waals surface area (Å²) < 4.78 is 0. The standard InChI is InChI=1S/C23H19N3/c24-15-19-21(17-9-3-1-4-10-17)26-22(18-11-5-2-6-12-18)20(16-25)23(19)13-7-8-14-23/h1-6,9-12,26H,7-8,13-14H2. The molecule has 1 heterocycles. The number of hydrogen-bond donors (Lipinski definition) is 1. The minimum absolute atomic E-state index is 0.467. The van der Waals surface area contributed by atoms with Crippen molar-refractivity contribution < 1.29 is 0 Å². The van der Waals surface area contributed by atoms with Crippen LogP contribution in [0.1, 0.15) is 36.8 Å². The molecule has 1 fully saturated rings. The SMILES string of the molecule is N#CC1=C(c2ccccc2)NC(c2ccccc2)=C(C#N)C12CCCC2. The van der Waals surface area contributed by atoms with Gasteiger partial charge in [-0.15, -0.1) is 0 Å². The van der Waals surface area contributed by atoms with E-state index in [1.165, 1.54) is 0 Å². The number of dihydropyridines is 1. The first-order valence-corrected chi connectivity index (χ1v) is 8.98. The number of allylic oxidation sites excluding steroid dienone is 2. The van der Waals surface area contributed by atoms with Gasteiger partial charge in [0.15, 0.2) is 0 Å². The molecule has 3 heteroatoms. The Morgan fingerprint density at radius 3 is 1.50 bits per heavy atom. The molecule has 1 saturated carbocycles. The fourth-order valence-electron chi connectivity index (χ4n) is 4.30. The third-order valence-corrected chi connectivity index (χ3v) is 5.51. The van der Waals surface area contributed by atoms with Gasteiger partial charge in [-0.2, -0.15) is 10.5 Å². The van der Waals surface area contributed by atoms with E-state index in [9.17, 15) is 10.5 Å². The molecule has 0 saturated heterocycles. The van der Waals surface area contributed by atoms with Gasteiger partial charge in [0.2, 0.25) is 0 Å². The van der Waals surface area contributed by atoms with Crippen LogP contribution in [-0.4, -0.2) is 0 Å². The predicted octanol–water partition coefficient (Wildman–Crippen LogP) is 5.02. The number of nitrogens with one attached hydrogen (secondary N) is 1. The van der Waals surface area contributed by atoms with Crippen LogP contribution < -0.4 is 5.32 Å². The van der Waals surface area contributed by atoms with Crippen molar-refractivity contribution in [3.05, 3.63) is 82.9 Å². The highest BCUT2D eigenvalue weighted by Crippen LogP contribution is 2.54. The summed E-state index contributed by atoms with van der Waals surface area (Å²) in [6.45, 7) is 0. The van der Waals surface area contributed by atoms with E-state index < -0.39 is 5.41 Å². The summed E-state index contributed by atoms with van der Waals surface area (Å²) in [4.78, 5) is 0. The molecular formula is C23H19N3. The van der Waals surface area contributed by atoms with Crippen LogP contribution in [0.2, 0.25) is 0 Å². The van der Waals surface area contributed by atoms with Crippen molar-refractivity contribution in [3.63, 3.8) is 0 Å². The summed E-state index contributed by atoms with van der Waals surface area (Å²) in [7, 11) is 0. The summed E-state index contributed by atoms with van der Waals surface area (Å²) in [5.74, 6) is 0. The molecule has 2 aromatic rings. The molecule has 126 valence electrons. The van der Waals surface area contributed by atoms with Crippen LogP contribution in [-0.2, 0) is 0 Å². The minimum atomic E-state index is -0.467. The highest BCUT2D eigenvalue weighted by Gasteiger charge is 2.47. The molecule has 1 aliphatic carbocycles. The number of nitrogens with zero attached hydrogens (tertiary/aromatic N) is 2. The van der Waals surface area contributed by atoms with Crippen molar-refractivity contribution in [2.24, 2.45) is 5.41 Å². The maximum atomic E-state index is 10.0. The van der Waals surface area contributed by atoms with Gasteiger partial charge < -0.3 is 5.32 Å². The normalized spacial score (nSPS) is 18.4. The second kappa shape index (κ2) is 6.54. The van der Waals surface area contributed by atoms with Crippen molar-refractivity contribution in [2.45, 2.75) is 25.7 Å². The number of rotatable bonds is 2. The van der Waals surface area contributed by atoms with Crippen molar-refractivity contribution in [2.75, 3.05) is 0 Å². The third-order valence-electron chi connectivity index (χ3n) is 5.51. The Bertz CT molecular complexity index is 888. The molecule has 0 atom stereocenters. The van der Waals surface area contributed by atoms with E-state index in [0.29, 0.717) is 11.1 Å². The molecule has 1 aliphatic heterocycles. The second-order valence-corrected chi connectivity index (χ2v) is 6.87. The van der Waals surface area contributed by atoms with Crippen molar-refractivity contribution in [3.8, 4) is 12.1 Å². The van der Waals surface area contributed by atoms with Crippen LogP contribution in [0.25, 0.3) is 11.4 Å². The quantitative estimate of drug-likeness (QED) is 0.837. The summed E-state index contributed by atoms with van der Waals surface area (Å²) in [5.41, 5.74) is 4.60. The van der Waals surface area contributed by atoms with Crippen LogP contribution in [0.3, 0.4) is 0 Å². The van der Waals surface area contributed by atoms with Gasteiger partial charge in [-0.3, -0.25) is 0 Å². The van der Waals surface area contributed by atoms with Crippen molar-refractivity contribution >= 4 is 11.4 Å². The van der Waals surface area contributed by atoms with Crippen LogP contribution in [0.5, 0.6) is 0 Å². The van der Waals surface area contributed by atoms with Crippen molar-refractivity contribution in [1.82, 2.24) is 5.32 Å². The van der Waals surface area contributed by atoms with Gasteiger partial charge >= 0.3 is 0 Å². The summed E-state index contributed by atoms with van der Waals surface area (Å²) in [5, 5.41) is 23.5. The summed E-state index contributed by atoms with van der Waals surface area (Å²) in [6, 6.07) is 24.8. The lowest BCUT2D eigenvalue weighted by molar-refractivity contribution is 0.467. The Balaban J connectivity index is 1.99. The molecule has 2 aliphatic rings. The molecule has 0 bridgehead atoms.